The number of hydrogen-bond donors (Lipinski definition) is 1. The van der Waals surface area contributed by atoms with Gasteiger partial charge in [-0.25, -0.2) is 13.5 Å². The predicted octanol–water partition coefficient (Wildman–Crippen LogP) is 6.04. The summed E-state index contributed by atoms with van der Waals surface area (Å²) in [4.78, 5) is 31.7. The summed E-state index contributed by atoms with van der Waals surface area (Å²) in [5.41, 5.74) is 2.16. The molecule has 0 atom stereocenters. The summed E-state index contributed by atoms with van der Waals surface area (Å²) in [6.07, 6.45) is 3.59. The molecule has 40 heavy (non-hydrogen) atoms. The fourth-order valence-corrected chi connectivity index (χ4v) is 4.68. The minimum Gasteiger partial charge on any atom is -0.347 e. The maximum Gasteiger partial charge on any atom is 0.275 e. The van der Waals surface area contributed by atoms with Crippen molar-refractivity contribution in [3.8, 4) is 5.69 Å². The molecule has 2 amide bonds. The number of alkyl halides is 2. The molecule has 0 fully saturated rings. The first-order valence-electron chi connectivity index (χ1n) is 12.2. The highest BCUT2D eigenvalue weighted by atomic mass is 35.5. The molecule has 2 aromatic carbocycles. The zero-order valence-electron chi connectivity index (χ0n) is 21.4. The van der Waals surface area contributed by atoms with Crippen LogP contribution in [-0.4, -0.2) is 39.0 Å². The lowest BCUT2D eigenvalue weighted by atomic mass is 9.97. The molecule has 7 nitrogen and oxygen atoms in total. The SMILES string of the molecule is Cc1ccn(-c2ccc(C(=O)N3CCC(F)(F)/C(=C\C(=O)NCc4ccccn4)c4ccccc43)c(Cl)c2)n1.Cl. The molecule has 0 spiro atoms. The second kappa shape index (κ2) is 12.0. The molecule has 206 valence electrons. The number of hydrogen-bond acceptors (Lipinski definition) is 4. The number of carbonyl (C=O) groups excluding carboxylic acids is 2. The molecule has 1 aliphatic heterocycles. The van der Waals surface area contributed by atoms with E-state index in [1.165, 1.54) is 11.0 Å². The molecular formula is C29H25Cl2F2N5O2. The molecule has 0 saturated carbocycles. The van der Waals surface area contributed by atoms with Gasteiger partial charge in [-0.05, 0) is 49.4 Å². The summed E-state index contributed by atoms with van der Waals surface area (Å²) >= 11 is 6.50. The van der Waals surface area contributed by atoms with Crippen molar-refractivity contribution in [1.29, 1.82) is 0 Å². The highest BCUT2D eigenvalue weighted by molar-refractivity contribution is 6.34. The number of benzene rings is 2. The van der Waals surface area contributed by atoms with Gasteiger partial charge in [-0.3, -0.25) is 14.6 Å². The van der Waals surface area contributed by atoms with Crippen molar-refractivity contribution in [2.45, 2.75) is 25.8 Å². The summed E-state index contributed by atoms with van der Waals surface area (Å²) in [6.45, 7) is 1.68. The maximum absolute atomic E-state index is 15.5. The number of nitrogens with one attached hydrogen (secondary N) is 1. The van der Waals surface area contributed by atoms with Gasteiger partial charge in [-0.1, -0.05) is 35.9 Å². The van der Waals surface area contributed by atoms with Gasteiger partial charge >= 0.3 is 0 Å². The first-order chi connectivity index (χ1) is 18.7. The third kappa shape index (κ3) is 6.05. The summed E-state index contributed by atoms with van der Waals surface area (Å²) in [6, 6.07) is 18.3. The van der Waals surface area contributed by atoms with E-state index < -0.39 is 29.7 Å². The largest absolute Gasteiger partial charge is 0.347 e. The number of anilines is 1. The smallest absolute Gasteiger partial charge is 0.275 e. The molecule has 1 aliphatic rings. The van der Waals surface area contributed by atoms with Crippen LogP contribution in [0.1, 0.15) is 33.7 Å². The standard InChI is InChI=1S/C29H24ClF2N5O2.ClH/c1-19-11-14-37(35-19)21-9-10-23(25(30)16-21)28(39)36-15-12-29(31,32)24(22-7-2-3-8-26(22)36)17-27(38)34-18-20-6-4-5-13-33-20;/h2-11,13-14,16-17H,12,15,18H2,1H3,(H,34,38);1H/b24-17-;. The van der Waals surface area contributed by atoms with Gasteiger partial charge in [0.1, 0.15) is 0 Å². The van der Waals surface area contributed by atoms with Crippen LogP contribution in [0.3, 0.4) is 0 Å². The highest BCUT2D eigenvalue weighted by Gasteiger charge is 2.41. The van der Waals surface area contributed by atoms with Gasteiger partial charge in [-0.15, -0.1) is 12.4 Å². The first kappa shape index (κ1) is 28.9. The highest BCUT2D eigenvalue weighted by Crippen LogP contribution is 2.43. The lowest BCUT2D eigenvalue weighted by Gasteiger charge is -2.23. The van der Waals surface area contributed by atoms with Gasteiger partial charge in [0.15, 0.2) is 0 Å². The van der Waals surface area contributed by atoms with Gasteiger partial charge in [0, 0.05) is 42.6 Å². The van der Waals surface area contributed by atoms with Crippen LogP contribution in [0.25, 0.3) is 11.3 Å². The van der Waals surface area contributed by atoms with Gasteiger partial charge in [-0.2, -0.15) is 5.10 Å². The number of nitrogens with zero attached hydrogens (tertiary/aromatic N) is 4. The predicted molar refractivity (Wildman–Crippen MR) is 152 cm³/mol. The van der Waals surface area contributed by atoms with Crippen LogP contribution in [0, 0.1) is 6.92 Å². The van der Waals surface area contributed by atoms with E-state index in [-0.39, 0.29) is 47.3 Å². The second-order valence-electron chi connectivity index (χ2n) is 9.09. The Kier molecular flexibility index (Phi) is 8.66. The molecule has 5 rings (SSSR count). The third-order valence-corrected chi connectivity index (χ3v) is 6.70. The van der Waals surface area contributed by atoms with Gasteiger partial charge in [0.05, 0.1) is 39.9 Å². The van der Waals surface area contributed by atoms with Crippen molar-refractivity contribution in [2.75, 3.05) is 11.4 Å². The van der Waals surface area contributed by atoms with E-state index in [0.29, 0.717) is 11.4 Å². The molecule has 3 heterocycles. The Labute approximate surface area is 240 Å². The molecule has 0 bridgehead atoms. The number of rotatable bonds is 5. The molecule has 1 N–H and O–H groups in total. The summed E-state index contributed by atoms with van der Waals surface area (Å²) in [7, 11) is 0. The Morgan fingerprint density at radius 2 is 1.88 bits per heavy atom. The summed E-state index contributed by atoms with van der Waals surface area (Å²) in [5, 5.41) is 7.12. The van der Waals surface area contributed by atoms with Crippen LogP contribution in [0.2, 0.25) is 5.02 Å². The van der Waals surface area contributed by atoms with Crippen molar-refractivity contribution in [2.24, 2.45) is 0 Å². The first-order valence-corrected chi connectivity index (χ1v) is 12.6. The van der Waals surface area contributed by atoms with E-state index in [1.807, 2.05) is 13.0 Å². The van der Waals surface area contributed by atoms with E-state index in [9.17, 15) is 9.59 Å². The lowest BCUT2D eigenvalue weighted by Crippen LogP contribution is -2.33. The Balaban J connectivity index is 0.00000370. The third-order valence-electron chi connectivity index (χ3n) is 6.39. The number of aryl methyl sites for hydroxylation is 1. The lowest BCUT2D eigenvalue weighted by molar-refractivity contribution is -0.116. The fourth-order valence-electron chi connectivity index (χ4n) is 4.42. The minimum absolute atomic E-state index is 0. The zero-order valence-corrected chi connectivity index (χ0v) is 22.9. The molecular weight excluding hydrogens is 559 g/mol. The van der Waals surface area contributed by atoms with Gasteiger partial charge < -0.3 is 10.2 Å². The fraction of sp³-hybridized carbons (Fsp3) is 0.172. The Bertz CT molecular complexity index is 1570. The Hall–Kier alpha value is -4.08. The van der Waals surface area contributed by atoms with Crippen molar-refractivity contribution in [3.05, 3.63) is 113 Å². The van der Waals surface area contributed by atoms with E-state index >= 15 is 8.78 Å². The van der Waals surface area contributed by atoms with Crippen molar-refractivity contribution >= 4 is 47.1 Å². The topological polar surface area (TPSA) is 80.1 Å². The normalized spacial score (nSPS) is 15.1. The Morgan fingerprint density at radius 1 is 1.10 bits per heavy atom. The molecule has 0 saturated heterocycles. The number of pyridine rings is 1. The van der Waals surface area contributed by atoms with E-state index in [0.717, 1.165) is 11.8 Å². The van der Waals surface area contributed by atoms with Crippen LogP contribution in [0.4, 0.5) is 14.5 Å². The quantitative estimate of drug-likeness (QED) is 0.291. The summed E-state index contributed by atoms with van der Waals surface area (Å²) < 4.78 is 32.5. The molecule has 0 aliphatic carbocycles. The monoisotopic (exact) mass is 583 g/mol. The minimum atomic E-state index is -3.36. The number of carbonyl (C=O) groups is 2. The number of aromatic nitrogens is 3. The van der Waals surface area contributed by atoms with Gasteiger partial charge in [0.2, 0.25) is 5.91 Å². The Morgan fingerprint density at radius 3 is 2.58 bits per heavy atom. The molecule has 0 unspecified atom stereocenters. The van der Waals surface area contributed by atoms with Crippen LogP contribution < -0.4 is 10.2 Å². The maximum atomic E-state index is 15.5. The zero-order chi connectivity index (χ0) is 27.6. The van der Waals surface area contributed by atoms with E-state index in [1.54, 1.807) is 71.7 Å². The average Bonchev–Trinajstić information content (AvgIpc) is 3.33. The van der Waals surface area contributed by atoms with E-state index in [2.05, 4.69) is 15.4 Å². The average molecular weight is 584 g/mol. The number of halogens is 4. The van der Waals surface area contributed by atoms with Crippen molar-refractivity contribution in [1.82, 2.24) is 20.1 Å². The molecule has 4 aromatic rings. The van der Waals surface area contributed by atoms with E-state index in [4.69, 9.17) is 11.6 Å². The number of allylic oxidation sites excluding steroid dienone is 1. The van der Waals surface area contributed by atoms with Gasteiger partial charge in [0.25, 0.3) is 11.8 Å². The summed E-state index contributed by atoms with van der Waals surface area (Å²) in [5.74, 6) is -4.57. The van der Waals surface area contributed by atoms with Crippen molar-refractivity contribution < 1.29 is 18.4 Å². The second-order valence-corrected chi connectivity index (χ2v) is 9.50. The van der Waals surface area contributed by atoms with Crippen LogP contribution in [0.5, 0.6) is 0 Å². The number of amides is 2. The van der Waals surface area contributed by atoms with Crippen LogP contribution in [0.15, 0.2) is 85.2 Å². The number of para-hydroxylation sites is 1. The molecule has 11 heteroatoms. The van der Waals surface area contributed by atoms with Crippen LogP contribution >= 0.6 is 24.0 Å². The van der Waals surface area contributed by atoms with Crippen LogP contribution in [-0.2, 0) is 11.3 Å². The molecule has 0 radical (unpaired) electrons. The number of fused-ring (bicyclic) bond motifs is 1. The molecule has 2 aromatic heterocycles. The van der Waals surface area contributed by atoms with Crippen molar-refractivity contribution in [3.63, 3.8) is 0 Å².